The lowest BCUT2D eigenvalue weighted by molar-refractivity contribution is -0.135. The molecule has 0 aromatic heterocycles. The van der Waals surface area contributed by atoms with E-state index in [1.807, 2.05) is 0 Å². The molecule has 0 bridgehead atoms. The maximum Gasteiger partial charge on any atom is 0.236 e. The third-order valence-electron chi connectivity index (χ3n) is 6.56. The average molecular weight is 383 g/mol. The van der Waals surface area contributed by atoms with Gasteiger partial charge in [0.15, 0.2) is 0 Å². The van der Waals surface area contributed by atoms with Crippen LogP contribution in [0.15, 0.2) is 30.3 Å². The van der Waals surface area contributed by atoms with Crippen LogP contribution in [0.3, 0.4) is 0 Å². The summed E-state index contributed by atoms with van der Waals surface area (Å²) >= 11 is 0. The number of benzene rings is 1. The Hall–Kier alpha value is -1.61. The van der Waals surface area contributed by atoms with Gasteiger partial charge >= 0.3 is 0 Å². The maximum absolute atomic E-state index is 12.9. The molecule has 1 heterocycles. The second-order valence-electron chi connectivity index (χ2n) is 9.05. The first-order valence-electron chi connectivity index (χ1n) is 11.3. The summed E-state index contributed by atoms with van der Waals surface area (Å²) in [6.07, 6.45) is 13.3. The Morgan fingerprint density at radius 1 is 1.07 bits per heavy atom. The lowest BCUT2D eigenvalue weighted by Crippen LogP contribution is -2.49. The molecule has 2 aliphatic rings. The van der Waals surface area contributed by atoms with Crippen LogP contribution >= 0.6 is 0 Å². The Morgan fingerprint density at radius 2 is 1.71 bits per heavy atom. The average Bonchev–Trinajstić information content (AvgIpc) is 2.72. The Morgan fingerprint density at radius 3 is 2.32 bits per heavy atom. The fraction of sp³-hybridized carbons (Fsp3) is 0.640. The van der Waals surface area contributed by atoms with Crippen molar-refractivity contribution in [3.05, 3.63) is 41.5 Å². The van der Waals surface area contributed by atoms with Gasteiger partial charge in [-0.1, -0.05) is 61.2 Å². The SMILES string of the molecule is Cc1ccc(C=CC2CCN(C(=O)CN(C(C)C)C3CCCCC3)CC2)cc1. The van der Waals surface area contributed by atoms with Crippen molar-refractivity contribution in [1.29, 1.82) is 0 Å². The molecule has 0 radical (unpaired) electrons. The van der Waals surface area contributed by atoms with Gasteiger partial charge in [-0.25, -0.2) is 0 Å². The molecule has 2 fully saturated rings. The van der Waals surface area contributed by atoms with Gasteiger partial charge in [0.25, 0.3) is 0 Å². The lowest BCUT2D eigenvalue weighted by atomic mass is 9.93. The predicted molar refractivity (Wildman–Crippen MR) is 118 cm³/mol. The zero-order chi connectivity index (χ0) is 19.9. The van der Waals surface area contributed by atoms with Gasteiger partial charge in [-0.15, -0.1) is 0 Å². The van der Waals surface area contributed by atoms with E-state index < -0.39 is 0 Å². The molecule has 154 valence electrons. The van der Waals surface area contributed by atoms with E-state index in [0.717, 1.165) is 25.9 Å². The highest BCUT2D eigenvalue weighted by molar-refractivity contribution is 5.78. The van der Waals surface area contributed by atoms with Crippen molar-refractivity contribution in [2.45, 2.75) is 77.8 Å². The molecule has 1 saturated carbocycles. The van der Waals surface area contributed by atoms with Crippen LogP contribution < -0.4 is 0 Å². The molecule has 0 unspecified atom stereocenters. The van der Waals surface area contributed by atoms with Gasteiger partial charge in [0.2, 0.25) is 5.91 Å². The molecule has 0 N–H and O–H groups in total. The summed E-state index contributed by atoms with van der Waals surface area (Å²) in [5.74, 6) is 0.921. The normalized spacial score (nSPS) is 19.8. The van der Waals surface area contributed by atoms with Crippen molar-refractivity contribution in [2.75, 3.05) is 19.6 Å². The summed E-state index contributed by atoms with van der Waals surface area (Å²) in [5, 5.41) is 0. The van der Waals surface area contributed by atoms with E-state index in [1.54, 1.807) is 0 Å². The number of hydrogen-bond acceptors (Lipinski definition) is 2. The Labute approximate surface area is 171 Å². The first-order chi connectivity index (χ1) is 13.5. The van der Waals surface area contributed by atoms with E-state index in [0.29, 0.717) is 30.5 Å². The molecule has 1 saturated heterocycles. The predicted octanol–water partition coefficient (Wildman–Crippen LogP) is 5.29. The minimum Gasteiger partial charge on any atom is -0.342 e. The molecule has 1 aliphatic carbocycles. The third kappa shape index (κ3) is 5.94. The molecular formula is C25H38N2O. The van der Waals surface area contributed by atoms with Gasteiger partial charge in [-0.05, 0) is 57.9 Å². The van der Waals surface area contributed by atoms with Crippen LogP contribution in [0.2, 0.25) is 0 Å². The number of hydrogen-bond donors (Lipinski definition) is 0. The minimum atomic E-state index is 0.334. The number of likely N-dealkylation sites (tertiary alicyclic amines) is 1. The van der Waals surface area contributed by atoms with E-state index in [4.69, 9.17) is 0 Å². The summed E-state index contributed by atoms with van der Waals surface area (Å²) < 4.78 is 0. The molecule has 3 rings (SSSR count). The van der Waals surface area contributed by atoms with Gasteiger partial charge < -0.3 is 4.90 Å². The number of allylic oxidation sites excluding steroid dienone is 1. The minimum absolute atomic E-state index is 0.334. The summed E-state index contributed by atoms with van der Waals surface area (Å²) in [6.45, 7) is 9.01. The van der Waals surface area contributed by atoms with E-state index in [-0.39, 0.29) is 0 Å². The van der Waals surface area contributed by atoms with Crippen molar-refractivity contribution in [3.8, 4) is 0 Å². The summed E-state index contributed by atoms with van der Waals surface area (Å²) in [5.41, 5.74) is 2.57. The van der Waals surface area contributed by atoms with E-state index in [2.05, 4.69) is 67.0 Å². The van der Waals surface area contributed by atoms with Gasteiger partial charge in [0.05, 0.1) is 6.54 Å². The number of carbonyl (C=O) groups is 1. The largest absolute Gasteiger partial charge is 0.342 e. The second kappa shape index (κ2) is 10.2. The van der Waals surface area contributed by atoms with Gasteiger partial charge in [-0.2, -0.15) is 0 Å². The number of nitrogens with zero attached hydrogens (tertiary/aromatic N) is 2. The Balaban J connectivity index is 1.48. The van der Waals surface area contributed by atoms with Crippen LogP contribution in [0, 0.1) is 12.8 Å². The van der Waals surface area contributed by atoms with Crippen molar-refractivity contribution in [2.24, 2.45) is 5.92 Å². The topological polar surface area (TPSA) is 23.6 Å². The highest BCUT2D eigenvalue weighted by Crippen LogP contribution is 2.25. The molecule has 1 amide bonds. The fourth-order valence-electron chi connectivity index (χ4n) is 4.67. The molecule has 1 aromatic rings. The van der Waals surface area contributed by atoms with Crippen molar-refractivity contribution in [3.63, 3.8) is 0 Å². The number of aryl methyl sites for hydroxylation is 1. The van der Waals surface area contributed by atoms with Crippen molar-refractivity contribution in [1.82, 2.24) is 9.80 Å². The van der Waals surface area contributed by atoms with Gasteiger partial charge in [0, 0.05) is 25.2 Å². The quantitative estimate of drug-likeness (QED) is 0.667. The molecule has 1 aliphatic heterocycles. The van der Waals surface area contributed by atoms with Crippen molar-refractivity contribution < 1.29 is 4.79 Å². The first-order valence-corrected chi connectivity index (χ1v) is 11.3. The lowest BCUT2D eigenvalue weighted by Gasteiger charge is -2.39. The van der Waals surface area contributed by atoms with Crippen molar-refractivity contribution >= 4 is 12.0 Å². The molecule has 3 heteroatoms. The monoisotopic (exact) mass is 382 g/mol. The van der Waals surface area contributed by atoms with E-state index in [1.165, 1.54) is 43.2 Å². The number of amides is 1. The Kier molecular flexibility index (Phi) is 7.73. The van der Waals surface area contributed by atoms with Crippen LogP contribution in [-0.4, -0.2) is 47.4 Å². The molecule has 28 heavy (non-hydrogen) atoms. The van der Waals surface area contributed by atoms with Crippen LogP contribution in [0.5, 0.6) is 0 Å². The zero-order valence-corrected chi connectivity index (χ0v) is 18.1. The van der Waals surface area contributed by atoms with Crippen LogP contribution in [0.4, 0.5) is 0 Å². The number of rotatable bonds is 6. The third-order valence-corrected chi connectivity index (χ3v) is 6.56. The fourth-order valence-corrected chi connectivity index (χ4v) is 4.67. The summed E-state index contributed by atoms with van der Waals surface area (Å²) in [7, 11) is 0. The maximum atomic E-state index is 12.9. The second-order valence-corrected chi connectivity index (χ2v) is 9.05. The molecule has 0 atom stereocenters. The van der Waals surface area contributed by atoms with Gasteiger partial charge in [-0.3, -0.25) is 9.69 Å². The highest BCUT2D eigenvalue weighted by Gasteiger charge is 2.28. The molecular weight excluding hydrogens is 344 g/mol. The van der Waals surface area contributed by atoms with E-state index >= 15 is 0 Å². The smallest absolute Gasteiger partial charge is 0.236 e. The van der Waals surface area contributed by atoms with Crippen LogP contribution in [0.25, 0.3) is 6.08 Å². The van der Waals surface area contributed by atoms with E-state index in [9.17, 15) is 4.79 Å². The highest BCUT2D eigenvalue weighted by atomic mass is 16.2. The summed E-state index contributed by atoms with van der Waals surface area (Å²) in [6, 6.07) is 9.73. The first kappa shape index (κ1) is 21.1. The van der Waals surface area contributed by atoms with Gasteiger partial charge in [0.1, 0.15) is 0 Å². The summed E-state index contributed by atoms with van der Waals surface area (Å²) in [4.78, 5) is 17.5. The molecule has 3 nitrogen and oxygen atoms in total. The number of piperidine rings is 1. The number of carbonyl (C=O) groups excluding carboxylic acids is 1. The molecule has 1 aromatic carbocycles. The standard InChI is InChI=1S/C25H38N2O/c1-20(2)27(24-7-5-4-6-8-24)19-25(28)26-17-15-23(16-18-26)14-13-22-11-9-21(3)10-12-22/h9-14,20,23-24H,4-8,15-19H2,1-3H3. The zero-order valence-electron chi connectivity index (χ0n) is 18.1. The molecule has 0 spiro atoms. The van der Waals surface area contributed by atoms with Crippen LogP contribution in [-0.2, 0) is 4.79 Å². The Bertz CT molecular complexity index is 635. The van der Waals surface area contributed by atoms with Crippen LogP contribution in [0.1, 0.15) is 69.9 Å².